The van der Waals surface area contributed by atoms with Crippen molar-refractivity contribution in [2.24, 2.45) is 0 Å². The number of aromatic nitrogens is 7. The van der Waals surface area contributed by atoms with Crippen molar-refractivity contribution >= 4 is 23.4 Å². The van der Waals surface area contributed by atoms with E-state index in [4.69, 9.17) is 16.0 Å². The molecular formula is C25H19ClN8O5. The van der Waals surface area contributed by atoms with Crippen LogP contribution in [-0.2, 0) is 16.8 Å². The van der Waals surface area contributed by atoms with Gasteiger partial charge in [-0.2, -0.15) is 9.41 Å². The van der Waals surface area contributed by atoms with Crippen molar-refractivity contribution in [2.45, 2.75) is 18.4 Å². The Morgan fingerprint density at radius 3 is 2.77 bits per heavy atom. The Bertz CT molecular complexity index is 1690. The Hall–Kier alpha value is -4.88. The van der Waals surface area contributed by atoms with E-state index in [1.54, 1.807) is 42.5 Å². The van der Waals surface area contributed by atoms with Gasteiger partial charge < -0.3 is 19.5 Å². The van der Waals surface area contributed by atoms with Crippen LogP contribution in [-0.4, -0.2) is 48.7 Å². The molecule has 6 rings (SSSR count). The molecule has 5 aromatic rings. The molecule has 1 aliphatic rings. The first-order chi connectivity index (χ1) is 18.9. The van der Waals surface area contributed by atoms with Crippen LogP contribution in [0.4, 0.5) is 10.5 Å². The molecule has 14 heteroatoms. The number of ether oxygens (including phenoxy) is 1. The second-order valence-electron chi connectivity index (χ2n) is 8.81. The van der Waals surface area contributed by atoms with E-state index < -0.39 is 11.7 Å². The highest BCUT2D eigenvalue weighted by molar-refractivity contribution is 6.31. The van der Waals surface area contributed by atoms with Gasteiger partial charge in [0, 0.05) is 33.0 Å². The summed E-state index contributed by atoms with van der Waals surface area (Å²) in [7, 11) is 1.27. The van der Waals surface area contributed by atoms with Gasteiger partial charge in [0.2, 0.25) is 17.2 Å². The molecule has 0 saturated carbocycles. The summed E-state index contributed by atoms with van der Waals surface area (Å²) in [4.78, 5) is 11.4. The Balaban J connectivity index is 1.33. The third-order valence-corrected chi connectivity index (χ3v) is 6.70. The topological polar surface area (TPSA) is 168 Å². The highest BCUT2D eigenvalue weighted by Gasteiger charge is 2.50. The molecule has 2 aromatic carbocycles. The number of aliphatic hydroxyl groups is 1. The van der Waals surface area contributed by atoms with Gasteiger partial charge in [-0.3, -0.25) is 5.32 Å². The minimum atomic E-state index is -1.78. The third-order valence-electron chi connectivity index (χ3n) is 6.47. The van der Waals surface area contributed by atoms with Gasteiger partial charge in [0.1, 0.15) is 6.33 Å². The number of tetrazole rings is 1. The molecule has 3 heterocycles. The number of hydrogen-bond donors (Lipinski definition) is 2. The smallest absolute Gasteiger partial charge is 0.411 e. The minimum absolute atomic E-state index is 0.0949. The molecular weight excluding hydrogens is 528 g/mol. The van der Waals surface area contributed by atoms with Crippen molar-refractivity contribution in [3.05, 3.63) is 88.4 Å². The van der Waals surface area contributed by atoms with Crippen LogP contribution < -0.4 is 10.0 Å². The van der Waals surface area contributed by atoms with Crippen LogP contribution in [0.3, 0.4) is 0 Å². The molecule has 2 N–H and O–H groups in total. The molecule has 0 bridgehead atoms. The van der Waals surface area contributed by atoms with E-state index in [-0.39, 0.29) is 23.9 Å². The lowest BCUT2D eigenvalue weighted by Crippen LogP contribution is -2.41. The van der Waals surface area contributed by atoms with E-state index in [2.05, 4.69) is 35.8 Å². The van der Waals surface area contributed by atoms with Gasteiger partial charge in [-0.1, -0.05) is 11.6 Å². The lowest BCUT2D eigenvalue weighted by atomic mass is 9.99. The van der Waals surface area contributed by atoms with Crippen LogP contribution in [0.25, 0.3) is 28.3 Å². The summed E-state index contributed by atoms with van der Waals surface area (Å²) < 4.78 is 12.5. The Morgan fingerprint density at radius 2 is 2.03 bits per heavy atom. The zero-order chi connectivity index (χ0) is 27.1. The fourth-order valence-corrected chi connectivity index (χ4v) is 4.81. The molecule has 1 aliphatic carbocycles. The quantitative estimate of drug-likeness (QED) is 0.247. The standard InChI is InChI=1S/C25H19ClN8O5/c1-38-24(35)28-18-5-2-14(3-6-18)22-29-30-23(39-22)25(36)9-8-15-10-16(12-34(37)21(15)25)19-11-17(26)4-7-20(19)33-13-27-31-32-33/h2-7,10-13,36H,8-9H2,1H3,(H,28,35). The van der Waals surface area contributed by atoms with Crippen molar-refractivity contribution < 1.29 is 23.8 Å². The summed E-state index contributed by atoms with van der Waals surface area (Å²) >= 11 is 6.26. The summed E-state index contributed by atoms with van der Waals surface area (Å²) in [6.45, 7) is 0. The fraction of sp³-hybridized carbons (Fsp3) is 0.160. The zero-order valence-electron chi connectivity index (χ0n) is 20.3. The van der Waals surface area contributed by atoms with Crippen molar-refractivity contribution in [1.29, 1.82) is 0 Å². The fourth-order valence-electron chi connectivity index (χ4n) is 4.64. The molecule has 0 fully saturated rings. The molecule has 13 nitrogen and oxygen atoms in total. The number of anilines is 1. The first kappa shape index (κ1) is 24.5. The van der Waals surface area contributed by atoms with Crippen LogP contribution in [0.1, 0.15) is 23.6 Å². The van der Waals surface area contributed by atoms with Gasteiger partial charge in [0.15, 0.2) is 6.20 Å². The van der Waals surface area contributed by atoms with E-state index in [9.17, 15) is 15.1 Å². The van der Waals surface area contributed by atoms with Crippen LogP contribution >= 0.6 is 11.6 Å². The number of carbonyl (C=O) groups excluding carboxylic acids is 1. The van der Waals surface area contributed by atoms with Crippen LogP contribution in [0.2, 0.25) is 5.02 Å². The molecule has 0 spiro atoms. The molecule has 1 atom stereocenters. The number of nitrogens with zero attached hydrogens (tertiary/aromatic N) is 7. The summed E-state index contributed by atoms with van der Waals surface area (Å²) in [5.41, 5.74) is 1.89. The predicted molar refractivity (Wildman–Crippen MR) is 136 cm³/mol. The van der Waals surface area contributed by atoms with Gasteiger partial charge in [-0.25, -0.2) is 4.79 Å². The molecule has 0 radical (unpaired) electrons. The highest BCUT2D eigenvalue weighted by atomic mass is 35.5. The van der Waals surface area contributed by atoms with Crippen molar-refractivity contribution in [3.8, 4) is 28.3 Å². The molecule has 196 valence electrons. The van der Waals surface area contributed by atoms with Gasteiger partial charge in [0.25, 0.3) is 5.89 Å². The number of methoxy groups -OCH3 is 1. The summed E-state index contributed by atoms with van der Waals surface area (Å²) in [6, 6.07) is 13.6. The number of hydrogen-bond acceptors (Lipinski definition) is 10. The Morgan fingerprint density at radius 1 is 1.21 bits per heavy atom. The van der Waals surface area contributed by atoms with E-state index in [0.717, 1.165) is 0 Å². The normalized spacial score (nSPS) is 16.2. The van der Waals surface area contributed by atoms with E-state index >= 15 is 0 Å². The second kappa shape index (κ2) is 9.45. The summed E-state index contributed by atoms with van der Waals surface area (Å²) in [6.07, 6.45) is 2.78. The number of nitrogens with one attached hydrogen (secondary N) is 1. The van der Waals surface area contributed by atoms with E-state index in [1.807, 2.05) is 6.07 Å². The number of pyridine rings is 1. The third kappa shape index (κ3) is 4.32. The first-order valence-corrected chi connectivity index (χ1v) is 12.0. The molecule has 1 unspecified atom stereocenters. The van der Waals surface area contributed by atoms with Gasteiger partial charge >= 0.3 is 6.09 Å². The number of halogens is 1. The van der Waals surface area contributed by atoms with Crippen LogP contribution in [0.15, 0.2) is 65.5 Å². The summed E-state index contributed by atoms with van der Waals surface area (Å²) in [5, 5.41) is 47.4. The van der Waals surface area contributed by atoms with E-state index in [0.29, 0.717) is 49.8 Å². The SMILES string of the molecule is COC(=O)Nc1ccc(-c2nnc(C3(O)CCc4cc(-c5cc(Cl)ccc5-n5cnnn5)c[n+]([O-])c43)o2)cc1. The number of benzene rings is 2. The molecule has 0 saturated heterocycles. The molecule has 1 amide bonds. The average Bonchev–Trinajstić information content (AvgIpc) is 3.70. The second-order valence-corrected chi connectivity index (χ2v) is 9.25. The first-order valence-electron chi connectivity index (χ1n) is 11.7. The number of rotatable bonds is 5. The predicted octanol–water partition coefficient (Wildman–Crippen LogP) is 3.03. The number of aryl methyl sites for hydroxylation is 1. The number of amides is 1. The Labute approximate surface area is 225 Å². The van der Waals surface area contributed by atoms with Crippen LogP contribution in [0, 0.1) is 5.21 Å². The lowest BCUT2D eigenvalue weighted by molar-refractivity contribution is -0.620. The average molecular weight is 547 g/mol. The lowest BCUT2D eigenvalue weighted by Gasteiger charge is -2.18. The van der Waals surface area contributed by atoms with Gasteiger partial charge in [-0.05, 0) is 71.8 Å². The number of carbonyl (C=O) groups is 1. The maximum atomic E-state index is 13.3. The van der Waals surface area contributed by atoms with Crippen molar-refractivity contribution in [3.63, 3.8) is 0 Å². The monoisotopic (exact) mass is 546 g/mol. The maximum absolute atomic E-state index is 13.3. The van der Waals surface area contributed by atoms with Gasteiger partial charge in [0.05, 0.1) is 12.8 Å². The van der Waals surface area contributed by atoms with Crippen molar-refractivity contribution in [2.75, 3.05) is 12.4 Å². The maximum Gasteiger partial charge on any atom is 0.411 e. The van der Waals surface area contributed by atoms with E-state index in [1.165, 1.54) is 24.3 Å². The van der Waals surface area contributed by atoms with Gasteiger partial charge in [-0.15, -0.1) is 15.3 Å². The summed E-state index contributed by atoms with van der Waals surface area (Å²) in [5.74, 6) is 0.0538. The number of fused-ring (bicyclic) bond motifs is 1. The minimum Gasteiger partial charge on any atom is -0.618 e. The highest BCUT2D eigenvalue weighted by Crippen LogP contribution is 2.42. The van der Waals surface area contributed by atoms with Crippen molar-refractivity contribution in [1.82, 2.24) is 30.4 Å². The molecule has 3 aromatic heterocycles. The largest absolute Gasteiger partial charge is 0.618 e. The van der Waals surface area contributed by atoms with Crippen LogP contribution in [0.5, 0.6) is 0 Å². The molecule has 0 aliphatic heterocycles. The zero-order valence-corrected chi connectivity index (χ0v) is 21.0. The Kier molecular flexibility index (Phi) is 5.93. The molecule has 39 heavy (non-hydrogen) atoms.